The smallest absolute Gasteiger partial charge is 0.410 e. The second-order valence-electron chi connectivity index (χ2n) is 8.38. The number of rotatable bonds is 4. The van der Waals surface area contributed by atoms with E-state index < -0.39 is 10.5 Å². The van der Waals surface area contributed by atoms with Crippen LogP contribution >= 0.6 is 0 Å². The number of nitro benzene ring substituents is 1. The molecule has 0 spiro atoms. The molecule has 0 radical (unpaired) electrons. The fraction of sp³-hybridized carbons (Fsp3) is 0.600. The van der Waals surface area contributed by atoms with E-state index in [2.05, 4.69) is 0 Å². The topological polar surface area (TPSA) is 93.0 Å². The number of benzene rings is 1. The number of hydrogen-bond donors (Lipinski definition) is 0. The van der Waals surface area contributed by atoms with Gasteiger partial charge in [-0.2, -0.15) is 0 Å². The number of piperidine rings is 1. The number of amides is 2. The fourth-order valence-corrected chi connectivity index (χ4v) is 3.38. The van der Waals surface area contributed by atoms with Gasteiger partial charge in [-0.3, -0.25) is 14.9 Å². The Morgan fingerprint density at radius 1 is 1.36 bits per heavy atom. The first-order valence-corrected chi connectivity index (χ1v) is 9.46. The molecule has 1 aromatic rings. The second-order valence-corrected chi connectivity index (χ2v) is 8.38. The molecule has 1 fully saturated rings. The van der Waals surface area contributed by atoms with Crippen molar-refractivity contribution in [2.75, 3.05) is 26.7 Å². The SMILES string of the molecule is Cc1cc(C(=O)N2CCCC(CN(C)C(=O)OC(C)(C)C)C2)ccc1[N+](=O)[O-]. The summed E-state index contributed by atoms with van der Waals surface area (Å²) in [6.07, 6.45) is 1.41. The third kappa shape index (κ3) is 5.68. The molecule has 0 bridgehead atoms. The van der Waals surface area contributed by atoms with Gasteiger partial charge in [0.2, 0.25) is 0 Å². The summed E-state index contributed by atoms with van der Waals surface area (Å²) in [5, 5.41) is 11.0. The van der Waals surface area contributed by atoms with Crippen LogP contribution in [0.1, 0.15) is 49.5 Å². The Labute approximate surface area is 165 Å². The molecule has 1 heterocycles. The number of nitrogens with zero attached hydrogens (tertiary/aromatic N) is 3. The summed E-state index contributed by atoms with van der Waals surface area (Å²) >= 11 is 0. The van der Waals surface area contributed by atoms with E-state index in [1.165, 1.54) is 12.1 Å². The van der Waals surface area contributed by atoms with Crippen molar-refractivity contribution < 1.29 is 19.2 Å². The van der Waals surface area contributed by atoms with Gasteiger partial charge in [-0.1, -0.05) is 0 Å². The quantitative estimate of drug-likeness (QED) is 0.577. The summed E-state index contributed by atoms with van der Waals surface area (Å²) in [5.41, 5.74) is 0.374. The maximum Gasteiger partial charge on any atom is 0.410 e. The fourth-order valence-electron chi connectivity index (χ4n) is 3.38. The van der Waals surface area contributed by atoms with E-state index in [-0.39, 0.29) is 23.6 Å². The number of ether oxygens (including phenoxy) is 1. The third-order valence-electron chi connectivity index (χ3n) is 4.68. The van der Waals surface area contributed by atoms with Crippen molar-refractivity contribution in [3.05, 3.63) is 39.4 Å². The maximum absolute atomic E-state index is 12.8. The van der Waals surface area contributed by atoms with Crippen molar-refractivity contribution in [3.63, 3.8) is 0 Å². The molecule has 1 saturated heterocycles. The average molecular weight is 391 g/mol. The van der Waals surface area contributed by atoms with E-state index in [1.54, 1.807) is 29.8 Å². The lowest BCUT2D eigenvalue weighted by Gasteiger charge is -2.35. The lowest BCUT2D eigenvalue weighted by atomic mass is 9.96. The maximum atomic E-state index is 12.8. The molecule has 1 aliphatic heterocycles. The van der Waals surface area contributed by atoms with Crippen LogP contribution in [0.5, 0.6) is 0 Å². The van der Waals surface area contributed by atoms with Crippen molar-refractivity contribution in [3.8, 4) is 0 Å². The molecule has 1 aliphatic rings. The van der Waals surface area contributed by atoms with E-state index >= 15 is 0 Å². The number of nitro groups is 1. The molecule has 0 saturated carbocycles. The molecule has 8 nitrogen and oxygen atoms in total. The van der Waals surface area contributed by atoms with Crippen LogP contribution in [0.3, 0.4) is 0 Å². The molecule has 2 amide bonds. The molecule has 28 heavy (non-hydrogen) atoms. The van der Waals surface area contributed by atoms with Gasteiger partial charge in [-0.05, 0) is 58.6 Å². The van der Waals surface area contributed by atoms with E-state index in [0.29, 0.717) is 30.8 Å². The number of likely N-dealkylation sites (tertiary alicyclic amines) is 1. The minimum atomic E-state index is -0.548. The molecule has 2 rings (SSSR count). The largest absolute Gasteiger partial charge is 0.444 e. The number of aryl methyl sites for hydroxylation is 1. The zero-order valence-electron chi connectivity index (χ0n) is 17.2. The first kappa shape index (κ1) is 21.7. The molecule has 1 unspecified atom stereocenters. The monoisotopic (exact) mass is 391 g/mol. The van der Waals surface area contributed by atoms with Gasteiger partial charge in [0.1, 0.15) is 5.60 Å². The van der Waals surface area contributed by atoms with Crippen molar-refractivity contribution in [2.45, 2.75) is 46.1 Å². The molecule has 0 aromatic heterocycles. The first-order chi connectivity index (χ1) is 13.0. The highest BCUT2D eigenvalue weighted by atomic mass is 16.6. The Bertz CT molecular complexity index is 757. The summed E-state index contributed by atoms with van der Waals surface area (Å²) in [4.78, 5) is 38.8. The second kappa shape index (κ2) is 8.58. The highest BCUT2D eigenvalue weighted by Crippen LogP contribution is 2.23. The zero-order chi connectivity index (χ0) is 21.1. The van der Waals surface area contributed by atoms with E-state index in [0.717, 1.165) is 12.8 Å². The van der Waals surface area contributed by atoms with Crippen LogP contribution < -0.4 is 0 Å². The van der Waals surface area contributed by atoms with E-state index in [1.807, 2.05) is 20.8 Å². The highest BCUT2D eigenvalue weighted by Gasteiger charge is 2.28. The Balaban J connectivity index is 2.00. The molecule has 8 heteroatoms. The minimum Gasteiger partial charge on any atom is -0.444 e. The zero-order valence-corrected chi connectivity index (χ0v) is 17.2. The summed E-state index contributed by atoms with van der Waals surface area (Å²) < 4.78 is 5.38. The summed E-state index contributed by atoms with van der Waals surface area (Å²) in [5.74, 6) is 0.0250. The van der Waals surface area contributed by atoms with Gasteiger partial charge in [0.25, 0.3) is 11.6 Å². The van der Waals surface area contributed by atoms with Crippen LogP contribution in [0.4, 0.5) is 10.5 Å². The number of hydrogen-bond acceptors (Lipinski definition) is 5. The lowest BCUT2D eigenvalue weighted by Crippen LogP contribution is -2.45. The van der Waals surface area contributed by atoms with Crippen molar-refractivity contribution in [1.29, 1.82) is 0 Å². The average Bonchev–Trinajstić information content (AvgIpc) is 2.59. The molecule has 0 N–H and O–H groups in total. The van der Waals surface area contributed by atoms with Crippen molar-refractivity contribution in [2.24, 2.45) is 5.92 Å². The molecular weight excluding hydrogens is 362 g/mol. The standard InChI is InChI=1S/C20H29N3O5/c1-14-11-16(8-9-17(14)23(26)27)18(24)22-10-6-7-15(13-22)12-21(5)19(25)28-20(2,3)4/h8-9,11,15H,6-7,10,12-13H2,1-5H3. The van der Waals surface area contributed by atoms with Crippen LogP contribution in [0.2, 0.25) is 0 Å². The Hall–Kier alpha value is -2.64. The summed E-state index contributed by atoms with van der Waals surface area (Å²) in [6.45, 7) is 8.80. The Kier molecular flexibility index (Phi) is 6.64. The predicted octanol–water partition coefficient (Wildman–Crippen LogP) is 3.62. The highest BCUT2D eigenvalue weighted by molar-refractivity contribution is 5.94. The summed E-state index contributed by atoms with van der Waals surface area (Å²) in [6, 6.07) is 4.45. The summed E-state index contributed by atoms with van der Waals surface area (Å²) in [7, 11) is 1.70. The van der Waals surface area contributed by atoms with Gasteiger partial charge >= 0.3 is 6.09 Å². The van der Waals surface area contributed by atoms with Crippen LogP contribution in [-0.4, -0.2) is 59.0 Å². The van der Waals surface area contributed by atoms with Gasteiger partial charge in [-0.15, -0.1) is 0 Å². The molecule has 0 aliphatic carbocycles. The Morgan fingerprint density at radius 3 is 2.61 bits per heavy atom. The van der Waals surface area contributed by atoms with Gasteiger partial charge < -0.3 is 14.5 Å². The lowest BCUT2D eigenvalue weighted by molar-refractivity contribution is -0.385. The minimum absolute atomic E-state index is 0.00653. The molecule has 1 aromatic carbocycles. The predicted molar refractivity (Wildman–Crippen MR) is 105 cm³/mol. The van der Waals surface area contributed by atoms with Crippen LogP contribution in [-0.2, 0) is 4.74 Å². The van der Waals surface area contributed by atoms with Gasteiger partial charge in [0.05, 0.1) is 4.92 Å². The van der Waals surface area contributed by atoms with Crippen LogP contribution in [0.25, 0.3) is 0 Å². The van der Waals surface area contributed by atoms with Crippen molar-refractivity contribution in [1.82, 2.24) is 9.80 Å². The molecule has 1 atom stereocenters. The van der Waals surface area contributed by atoms with Gasteiger partial charge in [0, 0.05) is 43.9 Å². The van der Waals surface area contributed by atoms with Crippen molar-refractivity contribution >= 4 is 17.7 Å². The van der Waals surface area contributed by atoms with Gasteiger partial charge in [0.15, 0.2) is 0 Å². The normalized spacial score (nSPS) is 17.2. The van der Waals surface area contributed by atoms with Crippen LogP contribution in [0.15, 0.2) is 18.2 Å². The van der Waals surface area contributed by atoms with E-state index in [4.69, 9.17) is 4.74 Å². The van der Waals surface area contributed by atoms with Crippen LogP contribution in [0, 0.1) is 23.0 Å². The molecule has 154 valence electrons. The number of carbonyl (C=O) groups is 2. The Morgan fingerprint density at radius 2 is 2.04 bits per heavy atom. The first-order valence-electron chi connectivity index (χ1n) is 9.46. The number of carbonyl (C=O) groups excluding carboxylic acids is 2. The van der Waals surface area contributed by atoms with Gasteiger partial charge in [-0.25, -0.2) is 4.79 Å². The molecular formula is C20H29N3O5. The van der Waals surface area contributed by atoms with E-state index in [9.17, 15) is 19.7 Å². The third-order valence-corrected chi connectivity index (χ3v) is 4.68.